The fraction of sp³-hybridized carbons (Fsp3) is 0.267. The molecule has 3 aliphatic heterocycles. The van der Waals surface area contributed by atoms with E-state index in [9.17, 15) is 28.0 Å². The van der Waals surface area contributed by atoms with Crippen LogP contribution in [0.5, 0.6) is 0 Å². The number of nitrogens with zero attached hydrogens (tertiary/aromatic N) is 4. The van der Waals surface area contributed by atoms with Crippen molar-refractivity contribution in [3.8, 4) is 0 Å². The first-order chi connectivity index (χ1) is 21.1. The van der Waals surface area contributed by atoms with Gasteiger partial charge in [0.2, 0.25) is 11.8 Å². The average Bonchev–Trinajstić information content (AvgIpc) is 3.44. The van der Waals surface area contributed by atoms with Gasteiger partial charge in [-0.1, -0.05) is 84.4 Å². The highest BCUT2D eigenvalue weighted by Crippen LogP contribution is 2.34. The number of hydrogen-bond donors (Lipinski definition) is 0. The van der Waals surface area contributed by atoms with Crippen LogP contribution in [0.3, 0.4) is 0 Å². The van der Waals surface area contributed by atoms with E-state index in [1.807, 2.05) is 0 Å². The number of rotatable bonds is 8. The number of thioether (sulfide) groups is 2. The van der Waals surface area contributed by atoms with Crippen LogP contribution in [-0.4, -0.2) is 91.1 Å². The van der Waals surface area contributed by atoms with E-state index in [1.54, 1.807) is 46.2 Å². The highest BCUT2D eigenvalue weighted by Gasteiger charge is 2.35. The molecule has 44 heavy (non-hydrogen) atoms. The summed E-state index contributed by atoms with van der Waals surface area (Å²) in [6.45, 7) is 1.55. The Labute approximate surface area is 272 Å². The fourth-order valence-corrected chi connectivity index (χ4v) is 7.39. The molecule has 3 heterocycles. The Bertz CT molecular complexity index is 1490. The van der Waals surface area contributed by atoms with Crippen LogP contribution in [-0.2, 0) is 19.2 Å². The lowest BCUT2D eigenvalue weighted by Gasteiger charge is -2.35. The van der Waals surface area contributed by atoms with E-state index in [0.717, 1.165) is 23.5 Å². The van der Waals surface area contributed by atoms with Gasteiger partial charge in [-0.15, -0.1) is 0 Å². The predicted octanol–water partition coefficient (Wildman–Crippen LogP) is 4.52. The Hall–Kier alpha value is -3.46. The van der Waals surface area contributed by atoms with Gasteiger partial charge < -0.3 is 9.80 Å². The number of piperazine rings is 1. The molecule has 0 bridgehead atoms. The van der Waals surface area contributed by atoms with Gasteiger partial charge in [0.15, 0.2) is 0 Å². The van der Waals surface area contributed by atoms with Crippen LogP contribution >= 0.6 is 48.0 Å². The average molecular weight is 673 g/mol. The van der Waals surface area contributed by atoms with E-state index in [-0.39, 0.29) is 60.7 Å². The third-order valence-electron chi connectivity index (χ3n) is 7.21. The summed E-state index contributed by atoms with van der Waals surface area (Å²) in [5.74, 6) is -1.95. The predicted molar refractivity (Wildman–Crippen MR) is 175 cm³/mol. The molecule has 3 aliphatic rings. The first-order valence-electron chi connectivity index (χ1n) is 13.7. The van der Waals surface area contributed by atoms with Gasteiger partial charge in [-0.2, -0.15) is 0 Å². The van der Waals surface area contributed by atoms with E-state index in [4.69, 9.17) is 24.4 Å². The Kier molecular flexibility index (Phi) is 10.2. The lowest BCUT2D eigenvalue weighted by molar-refractivity contribution is -0.140. The van der Waals surface area contributed by atoms with Gasteiger partial charge in [0.05, 0.1) is 9.81 Å². The molecule has 0 aliphatic carbocycles. The Morgan fingerprint density at radius 1 is 0.682 bits per heavy atom. The number of hydrogen-bond acceptors (Lipinski definition) is 8. The zero-order valence-electron chi connectivity index (χ0n) is 23.2. The molecule has 0 saturated carbocycles. The Morgan fingerprint density at radius 2 is 1.05 bits per heavy atom. The van der Waals surface area contributed by atoms with Gasteiger partial charge in [-0.25, -0.2) is 8.78 Å². The summed E-state index contributed by atoms with van der Waals surface area (Å²) in [4.78, 5) is 58.1. The molecular formula is C30H26F2N4O4S4. The second-order valence-electron chi connectivity index (χ2n) is 9.97. The molecule has 3 saturated heterocycles. The lowest BCUT2D eigenvalue weighted by atomic mass is 10.2. The molecule has 2 aromatic rings. The number of halogens is 2. The first-order valence-corrected chi connectivity index (χ1v) is 16.1. The number of benzene rings is 2. The van der Waals surface area contributed by atoms with E-state index in [2.05, 4.69) is 0 Å². The van der Waals surface area contributed by atoms with Crippen LogP contribution in [0.2, 0.25) is 0 Å². The Balaban J connectivity index is 1.07. The summed E-state index contributed by atoms with van der Waals surface area (Å²) in [6, 6.07) is 12.2. The summed E-state index contributed by atoms with van der Waals surface area (Å²) in [5, 5.41) is 0. The monoisotopic (exact) mass is 672 g/mol. The minimum Gasteiger partial charge on any atom is -0.339 e. The number of amides is 4. The molecule has 0 N–H and O–H groups in total. The van der Waals surface area contributed by atoms with Gasteiger partial charge in [0.1, 0.15) is 20.3 Å². The van der Waals surface area contributed by atoms with Gasteiger partial charge in [-0.05, 0) is 24.3 Å². The van der Waals surface area contributed by atoms with E-state index in [1.165, 1.54) is 34.1 Å². The highest BCUT2D eigenvalue weighted by atomic mass is 32.2. The Morgan fingerprint density at radius 3 is 1.41 bits per heavy atom. The quantitative estimate of drug-likeness (QED) is 0.300. The SMILES string of the molecule is O=C(CCN1C(=O)C(=Cc2ccccc2F)SC1=S)N1CCN(C(=O)CCN2C(=O)C(=Cc3ccccc3F)SC2=S)CC1. The number of carbonyl (C=O) groups excluding carboxylic acids is 4. The minimum atomic E-state index is -0.444. The van der Waals surface area contributed by atoms with Gasteiger partial charge in [0, 0.05) is 63.2 Å². The third kappa shape index (κ3) is 7.25. The smallest absolute Gasteiger partial charge is 0.266 e. The highest BCUT2D eigenvalue weighted by molar-refractivity contribution is 8.27. The molecule has 0 spiro atoms. The number of thiocarbonyl (C=S) groups is 2. The molecule has 14 heteroatoms. The van der Waals surface area contributed by atoms with Crippen molar-refractivity contribution in [2.75, 3.05) is 39.3 Å². The van der Waals surface area contributed by atoms with Crippen molar-refractivity contribution in [1.29, 1.82) is 0 Å². The maximum absolute atomic E-state index is 14.0. The van der Waals surface area contributed by atoms with Crippen molar-refractivity contribution in [3.63, 3.8) is 0 Å². The van der Waals surface area contributed by atoms with Gasteiger partial charge in [0.25, 0.3) is 11.8 Å². The van der Waals surface area contributed by atoms with E-state index >= 15 is 0 Å². The molecule has 0 aromatic heterocycles. The summed E-state index contributed by atoms with van der Waals surface area (Å²) in [6.07, 6.45) is 3.03. The maximum atomic E-state index is 14.0. The normalized spacial score (nSPS) is 19.2. The topological polar surface area (TPSA) is 81.2 Å². The van der Waals surface area contributed by atoms with Gasteiger partial charge >= 0.3 is 0 Å². The molecule has 5 rings (SSSR count). The van der Waals surface area contributed by atoms with Crippen LogP contribution in [0.4, 0.5) is 8.78 Å². The van der Waals surface area contributed by atoms with Crippen molar-refractivity contribution in [2.24, 2.45) is 0 Å². The first kappa shape index (κ1) is 31.9. The molecule has 228 valence electrons. The zero-order valence-corrected chi connectivity index (χ0v) is 26.5. The van der Waals surface area contributed by atoms with E-state index in [0.29, 0.717) is 44.6 Å². The molecule has 3 fully saturated rings. The maximum Gasteiger partial charge on any atom is 0.266 e. The fourth-order valence-electron chi connectivity index (χ4n) is 4.79. The van der Waals surface area contributed by atoms with Crippen molar-refractivity contribution in [3.05, 3.63) is 81.1 Å². The standard InChI is InChI=1S/C30H26F2N4O4S4/c31-21-7-3-1-5-19(21)17-23-27(39)35(29(41)43-23)11-9-25(37)33-13-15-34(16-14-33)26(38)10-12-36-28(40)24(44-30(36)42)18-20-6-2-4-8-22(20)32/h1-8,17-18H,9-16H2. The molecule has 4 amide bonds. The minimum absolute atomic E-state index is 0.0578. The van der Waals surface area contributed by atoms with Crippen molar-refractivity contribution < 1.29 is 28.0 Å². The zero-order chi connectivity index (χ0) is 31.4. The van der Waals surface area contributed by atoms with Crippen molar-refractivity contribution in [1.82, 2.24) is 19.6 Å². The van der Waals surface area contributed by atoms with Crippen LogP contribution in [0.25, 0.3) is 12.2 Å². The van der Waals surface area contributed by atoms with Gasteiger partial charge in [-0.3, -0.25) is 29.0 Å². The van der Waals surface area contributed by atoms with Crippen LogP contribution in [0, 0.1) is 11.6 Å². The molecule has 0 unspecified atom stereocenters. The summed E-state index contributed by atoms with van der Waals surface area (Å²) in [5.41, 5.74) is 0.568. The molecule has 8 nitrogen and oxygen atoms in total. The van der Waals surface area contributed by atoms with Crippen LogP contribution < -0.4 is 0 Å². The second kappa shape index (κ2) is 14.1. The van der Waals surface area contributed by atoms with Crippen molar-refractivity contribution in [2.45, 2.75) is 12.8 Å². The van der Waals surface area contributed by atoms with Crippen molar-refractivity contribution >= 4 is 92.4 Å². The third-order valence-corrected chi connectivity index (χ3v) is 9.97. The largest absolute Gasteiger partial charge is 0.339 e. The van der Waals surface area contributed by atoms with E-state index < -0.39 is 11.6 Å². The van der Waals surface area contributed by atoms with Crippen LogP contribution in [0.1, 0.15) is 24.0 Å². The molecule has 0 radical (unpaired) electrons. The summed E-state index contributed by atoms with van der Waals surface area (Å²) in [7, 11) is 0. The molecular weight excluding hydrogens is 647 g/mol. The summed E-state index contributed by atoms with van der Waals surface area (Å²) >= 11 is 12.8. The van der Waals surface area contributed by atoms with Crippen LogP contribution in [0.15, 0.2) is 58.3 Å². The molecule has 2 aromatic carbocycles. The second-order valence-corrected chi connectivity index (χ2v) is 13.3. The number of carbonyl (C=O) groups is 4. The lowest BCUT2D eigenvalue weighted by Crippen LogP contribution is -2.51. The molecule has 0 atom stereocenters. The summed E-state index contributed by atoms with van der Waals surface area (Å²) < 4.78 is 28.7.